The van der Waals surface area contributed by atoms with Crippen LogP contribution in [0.1, 0.15) is 31.6 Å². The molecule has 19 heavy (non-hydrogen) atoms. The first-order chi connectivity index (χ1) is 9.16. The van der Waals surface area contributed by atoms with Gasteiger partial charge in [-0.15, -0.1) is 0 Å². The van der Waals surface area contributed by atoms with Crippen LogP contribution >= 0.6 is 0 Å². The molecule has 0 radical (unpaired) electrons. The number of likely N-dealkylation sites (tertiary alicyclic amines) is 2. The predicted molar refractivity (Wildman–Crippen MR) is 68.0 cm³/mol. The first kappa shape index (κ1) is 12.2. The molecule has 2 aliphatic heterocycles. The van der Waals surface area contributed by atoms with E-state index in [4.69, 9.17) is 0 Å². The van der Waals surface area contributed by atoms with Gasteiger partial charge in [0, 0.05) is 39.0 Å². The van der Waals surface area contributed by atoms with Crippen molar-refractivity contribution in [2.75, 3.05) is 19.6 Å². The molecule has 2 saturated heterocycles. The number of rotatable bonds is 2. The quantitative estimate of drug-likeness (QED) is 0.846. The lowest BCUT2D eigenvalue weighted by Gasteiger charge is -2.40. The van der Waals surface area contributed by atoms with Crippen molar-refractivity contribution >= 4 is 11.8 Å². The van der Waals surface area contributed by atoms with Crippen LogP contribution in [0.3, 0.4) is 0 Å². The van der Waals surface area contributed by atoms with Crippen molar-refractivity contribution in [2.24, 2.45) is 5.92 Å². The zero-order valence-electron chi connectivity index (χ0n) is 11.0. The fourth-order valence-electron chi connectivity index (χ4n) is 2.90. The average molecular weight is 262 g/mol. The summed E-state index contributed by atoms with van der Waals surface area (Å²) >= 11 is 0. The van der Waals surface area contributed by atoms with Gasteiger partial charge in [0.05, 0.1) is 12.0 Å². The van der Waals surface area contributed by atoms with Crippen molar-refractivity contribution in [2.45, 2.75) is 25.8 Å². The molecule has 1 aromatic rings. The van der Waals surface area contributed by atoms with Crippen LogP contribution in [0.5, 0.6) is 0 Å². The minimum atomic E-state index is -0.0283. The van der Waals surface area contributed by atoms with E-state index in [-0.39, 0.29) is 23.8 Å². The van der Waals surface area contributed by atoms with Crippen LogP contribution in [-0.2, 0) is 9.59 Å². The number of nitrogens with zero attached hydrogens (tertiary/aromatic N) is 3. The van der Waals surface area contributed by atoms with Crippen LogP contribution in [0.4, 0.5) is 0 Å². The summed E-state index contributed by atoms with van der Waals surface area (Å²) < 4.78 is 0. The molecule has 1 atom stereocenters. The van der Waals surface area contributed by atoms with Gasteiger partial charge in [-0.25, -0.2) is 4.98 Å². The molecule has 0 saturated carbocycles. The molecule has 0 aliphatic carbocycles. The Morgan fingerprint density at radius 3 is 2.84 bits per heavy atom. The second-order valence-electron chi connectivity index (χ2n) is 5.28. The number of imidazole rings is 1. The predicted octanol–water partition coefficient (Wildman–Crippen LogP) is 0.551. The minimum Gasteiger partial charge on any atom is -0.347 e. The molecule has 3 rings (SSSR count). The summed E-state index contributed by atoms with van der Waals surface area (Å²) in [6.07, 6.45) is 5.48. The minimum absolute atomic E-state index is 0.0283. The summed E-state index contributed by atoms with van der Waals surface area (Å²) in [5.74, 6) is 1.05. The van der Waals surface area contributed by atoms with Gasteiger partial charge >= 0.3 is 0 Å². The third-order valence-electron chi connectivity index (χ3n) is 4.05. The molecule has 1 unspecified atom stereocenters. The van der Waals surface area contributed by atoms with Gasteiger partial charge in [-0.3, -0.25) is 9.59 Å². The zero-order chi connectivity index (χ0) is 13.4. The molecule has 3 heterocycles. The third kappa shape index (κ3) is 2.11. The monoisotopic (exact) mass is 262 g/mol. The van der Waals surface area contributed by atoms with Gasteiger partial charge in [0.25, 0.3) is 0 Å². The van der Waals surface area contributed by atoms with Crippen LogP contribution in [0, 0.1) is 5.92 Å². The van der Waals surface area contributed by atoms with Gasteiger partial charge in [-0.1, -0.05) is 0 Å². The van der Waals surface area contributed by atoms with Crippen molar-refractivity contribution in [1.82, 2.24) is 19.8 Å². The van der Waals surface area contributed by atoms with E-state index in [1.807, 2.05) is 4.90 Å². The number of aromatic amines is 1. The number of hydrogen-bond donors (Lipinski definition) is 1. The van der Waals surface area contributed by atoms with E-state index in [1.54, 1.807) is 24.2 Å². The van der Waals surface area contributed by atoms with Crippen LogP contribution < -0.4 is 0 Å². The van der Waals surface area contributed by atoms with Gasteiger partial charge in [0.2, 0.25) is 11.8 Å². The number of nitrogens with one attached hydrogen (secondary N) is 1. The number of hydrogen-bond acceptors (Lipinski definition) is 3. The molecule has 0 bridgehead atoms. The Morgan fingerprint density at radius 1 is 1.42 bits per heavy atom. The van der Waals surface area contributed by atoms with Gasteiger partial charge < -0.3 is 14.8 Å². The summed E-state index contributed by atoms with van der Waals surface area (Å²) in [5.41, 5.74) is 0. The van der Waals surface area contributed by atoms with Crippen LogP contribution in [0.25, 0.3) is 0 Å². The molecule has 2 fully saturated rings. The first-order valence-electron chi connectivity index (χ1n) is 6.72. The summed E-state index contributed by atoms with van der Waals surface area (Å²) in [6.45, 7) is 3.47. The zero-order valence-corrected chi connectivity index (χ0v) is 11.0. The van der Waals surface area contributed by atoms with Crippen molar-refractivity contribution in [3.8, 4) is 0 Å². The normalized spacial score (nSPS) is 23.5. The van der Waals surface area contributed by atoms with Gasteiger partial charge in [0.1, 0.15) is 5.82 Å². The highest BCUT2D eigenvalue weighted by atomic mass is 16.2. The number of aromatic nitrogens is 2. The van der Waals surface area contributed by atoms with E-state index in [0.717, 1.165) is 25.2 Å². The Morgan fingerprint density at radius 2 is 2.21 bits per heavy atom. The van der Waals surface area contributed by atoms with Gasteiger partial charge in [-0.05, 0) is 12.8 Å². The van der Waals surface area contributed by atoms with Crippen molar-refractivity contribution < 1.29 is 9.59 Å². The SMILES string of the molecule is CC(=O)N1CC(C(=O)N2CCCC2c2ncc[nH]2)C1. The van der Waals surface area contributed by atoms with Crippen molar-refractivity contribution in [3.63, 3.8) is 0 Å². The Labute approximate surface area is 111 Å². The third-order valence-corrected chi connectivity index (χ3v) is 4.05. The highest BCUT2D eigenvalue weighted by Crippen LogP contribution is 2.32. The maximum absolute atomic E-state index is 12.4. The highest BCUT2D eigenvalue weighted by molar-refractivity contribution is 5.84. The largest absolute Gasteiger partial charge is 0.347 e. The van der Waals surface area contributed by atoms with Gasteiger partial charge in [-0.2, -0.15) is 0 Å². The first-order valence-corrected chi connectivity index (χ1v) is 6.72. The molecule has 102 valence electrons. The lowest BCUT2D eigenvalue weighted by Crippen LogP contribution is -2.55. The molecule has 6 heteroatoms. The maximum Gasteiger partial charge on any atom is 0.229 e. The molecular weight excluding hydrogens is 244 g/mol. The fraction of sp³-hybridized carbons (Fsp3) is 0.615. The maximum atomic E-state index is 12.4. The summed E-state index contributed by atoms with van der Waals surface area (Å²) in [4.78, 5) is 34.6. The van der Waals surface area contributed by atoms with Crippen LogP contribution in [0.15, 0.2) is 12.4 Å². The number of H-pyrrole nitrogens is 1. The summed E-state index contributed by atoms with van der Waals surface area (Å²) in [7, 11) is 0. The Kier molecular flexibility index (Phi) is 3.00. The molecule has 6 nitrogen and oxygen atoms in total. The lowest BCUT2D eigenvalue weighted by molar-refractivity contribution is -0.148. The van der Waals surface area contributed by atoms with E-state index >= 15 is 0 Å². The average Bonchev–Trinajstić information content (AvgIpc) is 2.97. The lowest BCUT2D eigenvalue weighted by atomic mass is 9.98. The molecule has 2 amide bonds. The molecule has 0 aromatic carbocycles. The highest BCUT2D eigenvalue weighted by Gasteiger charge is 2.40. The van der Waals surface area contributed by atoms with Crippen LogP contribution in [-0.4, -0.2) is 51.2 Å². The van der Waals surface area contributed by atoms with E-state index < -0.39 is 0 Å². The second-order valence-corrected chi connectivity index (χ2v) is 5.28. The van der Waals surface area contributed by atoms with Crippen molar-refractivity contribution in [1.29, 1.82) is 0 Å². The van der Waals surface area contributed by atoms with Gasteiger partial charge in [0.15, 0.2) is 0 Å². The summed E-state index contributed by atoms with van der Waals surface area (Å²) in [5, 5.41) is 0. The Bertz CT molecular complexity index is 479. The summed E-state index contributed by atoms with van der Waals surface area (Å²) in [6, 6.07) is 0.0777. The van der Waals surface area contributed by atoms with Crippen molar-refractivity contribution in [3.05, 3.63) is 18.2 Å². The Hall–Kier alpha value is -1.85. The molecule has 0 spiro atoms. The fourth-order valence-corrected chi connectivity index (χ4v) is 2.90. The van der Waals surface area contributed by atoms with E-state index in [2.05, 4.69) is 9.97 Å². The van der Waals surface area contributed by atoms with E-state index in [1.165, 1.54) is 0 Å². The molecular formula is C13H18N4O2. The van der Waals surface area contributed by atoms with E-state index in [9.17, 15) is 9.59 Å². The van der Waals surface area contributed by atoms with Crippen LogP contribution in [0.2, 0.25) is 0 Å². The molecule has 1 aromatic heterocycles. The molecule has 2 aliphatic rings. The number of carbonyl (C=O) groups excluding carboxylic acids is 2. The number of amides is 2. The Balaban J connectivity index is 1.65. The standard InChI is InChI=1S/C13H18N4O2/c1-9(18)16-7-10(8-16)13(19)17-6-2-3-11(17)12-14-4-5-15-12/h4-5,10-11H,2-3,6-8H2,1H3,(H,14,15). The smallest absolute Gasteiger partial charge is 0.229 e. The van der Waals surface area contributed by atoms with E-state index in [0.29, 0.717) is 13.1 Å². The number of carbonyl (C=O) groups is 2. The molecule has 1 N–H and O–H groups in total. The topological polar surface area (TPSA) is 69.3 Å². The second kappa shape index (κ2) is 4.68.